The van der Waals surface area contributed by atoms with Crippen LogP contribution in [0.4, 0.5) is 5.69 Å². The number of nitrogens with zero attached hydrogens (tertiary/aromatic N) is 4. The number of hydrogen-bond acceptors (Lipinski definition) is 4. The molecule has 0 unspecified atom stereocenters. The Morgan fingerprint density at radius 2 is 1.72 bits per heavy atom. The summed E-state index contributed by atoms with van der Waals surface area (Å²) in [5.74, 6) is 1.38. The van der Waals surface area contributed by atoms with Crippen LogP contribution in [0.3, 0.4) is 0 Å². The number of anilines is 1. The molecule has 1 aliphatic heterocycles. The molecule has 0 saturated carbocycles. The Kier molecular flexibility index (Phi) is 3.79. The zero-order valence-corrected chi connectivity index (χ0v) is 11.3. The largest absolute Gasteiger partial charge is 0.365 e. The van der Waals surface area contributed by atoms with Gasteiger partial charge in [-0.15, -0.1) is 0 Å². The fourth-order valence-electron chi connectivity index (χ4n) is 2.07. The summed E-state index contributed by atoms with van der Waals surface area (Å²) in [6.45, 7) is 9.05. The predicted molar refractivity (Wildman–Crippen MR) is 70.6 cm³/mol. The monoisotopic (exact) mass is 248 g/mol. The van der Waals surface area contributed by atoms with Gasteiger partial charge in [-0.1, -0.05) is 13.8 Å². The summed E-state index contributed by atoms with van der Waals surface area (Å²) in [5, 5.41) is 0. The second-order valence-corrected chi connectivity index (χ2v) is 4.95. The van der Waals surface area contributed by atoms with Gasteiger partial charge in [0.15, 0.2) is 0 Å². The lowest BCUT2D eigenvalue weighted by Crippen LogP contribution is -2.48. The molecule has 0 radical (unpaired) electrons. The van der Waals surface area contributed by atoms with Crippen molar-refractivity contribution < 1.29 is 4.79 Å². The van der Waals surface area contributed by atoms with Crippen LogP contribution in [0.1, 0.15) is 32.5 Å². The molecule has 0 bridgehead atoms. The van der Waals surface area contributed by atoms with Crippen LogP contribution in [0, 0.1) is 0 Å². The Morgan fingerprint density at radius 3 is 2.17 bits per heavy atom. The van der Waals surface area contributed by atoms with Crippen molar-refractivity contribution in [2.45, 2.75) is 26.7 Å². The Labute approximate surface area is 108 Å². The van der Waals surface area contributed by atoms with Gasteiger partial charge in [0.25, 0.3) is 0 Å². The summed E-state index contributed by atoms with van der Waals surface area (Å²) in [7, 11) is 0. The maximum Gasteiger partial charge on any atom is 0.219 e. The molecule has 2 heterocycles. The minimum absolute atomic E-state index is 0.154. The van der Waals surface area contributed by atoms with Gasteiger partial charge in [-0.05, 0) is 0 Å². The Morgan fingerprint density at radius 1 is 1.17 bits per heavy atom. The van der Waals surface area contributed by atoms with Crippen LogP contribution < -0.4 is 4.90 Å². The number of rotatable bonds is 2. The van der Waals surface area contributed by atoms with E-state index in [4.69, 9.17) is 0 Å². The van der Waals surface area contributed by atoms with Crippen molar-refractivity contribution in [1.29, 1.82) is 0 Å². The van der Waals surface area contributed by atoms with E-state index >= 15 is 0 Å². The summed E-state index contributed by atoms with van der Waals surface area (Å²) in [5.41, 5.74) is 1.04. The normalized spacial score (nSPS) is 16.2. The number of aromatic nitrogens is 2. The molecule has 0 aromatic carbocycles. The first-order chi connectivity index (χ1) is 8.58. The quantitative estimate of drug-likeness (QED) is 0.791. The molecule has 5 heteroatoms. The third-order valence-corrected chi connectivity index (χ3v) is 3.26. The van der Waals surface area contributed by atoms with Gasteiger partial charge in [0, 0.05) is 39.0 Å². The van der Waals surface area contributed by atoms with E-state index in [2.05, 4.69) is 28.7 Å². The summed E-state index contributed by atoms with van der Waals surface area (Å²) in [6, 6.07) is 0. The SMILES string of the molecule is CC(=O)N1CCN(c2cnc(C(C)C)nc2)CC1. The maximum atomic E-state index is 11.2. The highest BCUT2D eigenvalue weighted by molar-refractivity contribution is 5.73. The van der Waals surface area contributed by atoms with E-state index in [1.54, 1.807) is 6.92 Å². The first-order valence-corrected chi connectivity index (χ1v) is 6.40. The van der Waals surface area contributed by atoms with Crippen molar-refractivity contribution in [3.63, 3.8) is 0 Å². The molecule has 5 nitrogen and oxygen atoms in total. The van der Waals surface area contributed by atoms with Gasteiger partial charge < -0.3 is 9.80 Å². The predicted octanol–water partition coefficient (Wildman–Crippen LogP) is 1.27. The van der Waals surface area contributed by atoms with Crippen molar-refractivity contribution in [2.24, 2.45) is 0 Å². The van der Waals surface area contributed by atoms with Gasteiger partial charge in [-0.2, -0.15) is 0 Å². The lowest BCUT2D eigenvalue weighted by atomic mass is 10.2. The van der Waals surface area contributed by atoms with Gasteiger partial charge in [-0.25, -0.2) is 9.97 Å². The van der Waals surface area contributed by atoms with Crippen LogP contribution in [0.5, 0.6) is 0 Å². The molecule has 18 heavy (non-hydrogen) atoms. The van der Waals surface area contributed by atoms with Crippen molar-refractivity contribution in [2.75, 3.05) is 31.1 Å². The topological polar surface area (TPSA) is 49.3 Å². The highest BCUT2D eigenvalue weighted by Gasteiger charge is 2.19. The highest BCUT2D eigenvalue weighted by Crippen LogP contribution is 2.16. The smallest absolute Gasteiger partial charge is 0.219 e. The van der Waals surface area contributed by atoms with Gasteiger partial charge >= 0.3 is 0 Å². The molecule has 1 aromatic heterocycles. The maximum absolute atomic E-state index is 11.2. The third-order valence-electron chi connectivity index (χ3n) is 3.26. The molecule has 0 aliphatic carbocycles. The molecular weight excluding hydrogens is 228 g/mol. The van der Waals surface area contributed by atoms with Crippen LogP contribution in [0.15, 0.2) is 12.4 Å². The van der Waals surface area contributed by atoms with Crippen LogP contribution in [-0.4, -0.2) is 47.0 Å². The summed E-state index contributed by atoms with van der Waals surface area (Å²) >= 11 is 0. The first-order valence-electron chi connectivity index (χ1n) is 6.40. The first kappa shape index (κ1) is 12.8. The van der Waals surface area contributed by atoms with E-state index in [9.17, 15) is 4.79 Å². The lowest BCUT2D eigenvalue weighted by molar-refractivity contribution is -0.129. The van der Waals surface area contributed by atoms with Gasteiger partial charge in [0.05, 0.1) is 18.1 Å². The Bertz CT molecular complexity index is 408. The molecule has 1 fully saturated rings. The lowest BCUT2D eigenvalue weighted by Gasteiger charge is -2.35. The van der Waals surface area contributed by atoms with Gasteiger partial charge in [0.1, 0.15) is 5.82 Å². The van der Waals surface area contributed by atoms with Crippen molar-refractivity contribution in [1.82, 2.24) is 14.9 Å². The molecule has 1 aliphatic rings. The molecular formula is C13H20N4O. The number of piperazine rings is 1. The second kappa shape index (κ2) is 5.33. The van der Waals surface area contributed by atoms with Crippen LogP contribution >= 0.6 is 0 Å². The second-order valence-electron chi connectivity index (χ2n) is 4.95. The average molecular weight is 248 g/mol. The van der Waals surface area contributed by atoms with Crippen molar-refractivity contribution >= 4 is 11.6 Å². The molecule has 0 atom stereocenters. The molecule has 1 amide bonds. The zero-order chi connectivity index (χ0) is 13.1. The number of amides is 1. The van der Waals surface area contributed by atoms with E-state index in [1.165, 1.54) is 0 Å². The van der Waals surface area contributed by atoms with Crippen LogP contribution in [0.2, 0.25) is 0 Å². The zero-order valence-electron chi connectivity index (χ0n) is 11.3. The van der Waals surface area contributed by atoms with E-state index in [-0.39, 0.29) is 5.91 Å². The van der Waals surface area contributed by atoms with E-state index in [0.717, 1.165) is 37.7 Å². The minimum Gasteiger partial charge on any atom is -0.365 e. The molecule has 1 aromatic rings. The molecule has 0 N–H and O–H groups in total. The molecule has 0 spiro atoms. The van der Waals surface area contributed by atoms with Crippen LogP contribution in [0.25, 0.3) is 0 Å². The Hall–Kier alpha value is -1.65. The summed E-state index contributed by atoms with van der Waals surface area (Å²) in [4.78, 5) is 24.1. The fraction of sp³-hybridized carbons (Fsp3) is 0.615. The number of carbonyl (C=O) groups is 1. The van der Waals surface area contributed by atoms with E-state index in [0.29, 0.717) is 5.92 Å². The highest BCUT2D eigenvalue weighted by atomic mass is 16.2. The van der Waals surface area contributed by atoms with Crippen molar-refractivity contribution in [3.05, 3.63) is 18.2 Å². The average Bonchev–Trinajstić information content (AvgIpc) is 2.39. The van der Waals surface area contributed by atoms with Crippen molar-refractivity contribution in [3.8, 4) is 0 Å². The molecule has 98 valence electrons. The third kappa shape index (κ3) is 2.78. The standard InChI is InChI=1S/C13H20N4O/c1-10(2)13-14-8-12(9-15-13)17-6-4-16(5-7-17)11(3)18/h8-10H,4-7H2,1-3H3. The van der Waals surface area contributed by atoms with Gasteiger partial charge in [0.2, 0.25) is 5.91 Å². The minimum atomic E-state index is 0.154. The summed E-state index contributed by atoms with van der Waals surface area (Å²) < 4.78 is 0. The van der Waals surface area contributed by atoms with Crippen LogP contribution in [-0.2, 0) is 4.79 Å². The molecule has 2 rings (SSSR count). The molecule has 1 saturated heterocycles. The number of hydrogen-bond donors (Lipinski definition) is 0. The summed E-state index contributed by atoms with van der Waals surface area (Å²) in [6.07, 6.45) is 3.76. The number of carbonyl (C=O) groups excluding carboxylic acids is 1. The van der Waals surface area contributed by atoms with Gasteiger partial charge in [-0.3, -0.25) is 4.79 Å². The fourth-order valence-corrected chi connectivity index (χ4v) is 2.07. The Balaban J connectivity index is 1.99. The van der Waals surface area contributed by atoms with E-state index < -0.39 is 0 Å². The van der Waals surface area contributed by atoms with E-state index in [1.807, 2.05) is 17.3 Å².